The van der Waals surface area contributed by atoms with Crippen molar-refractivity contribution in [1.29, 1.82) is 0 Å². The molecule has 178 valence electrons. The number of methoxy groups -OCH3 is 1. The Hall–Kier alpha value is -3.43. The maximum atomic E-state index is 13.6. The fraction of sp³-hybridized carbons (Fsp3) is 0.280. The Morgan fingerprint density at radius 3 is 2.65 bits per heavy atom. The van der Waals surface area contributed by atoms with E-state index in [1.165, 1.54) is 11.4 Å². The van der Waals surface area contributed by atoms with Crippen LogP contribution in [0.4, 0.5) is 5.69 Å². The molecule has 1 aromatic heterocycles. The molecule has 1 atom stereocenters. The van der Waals surface area contributed by atoms with E-state index < -0.39 is 15.9 Å². The zero-order valence-electron chi connectivity index (χ0n) is 19.1. The predicted octanol–water partition coefficient (Wildman–Crippen LogP) is 4.20. The number of hydrogen-bond acceptors (Lipinski definition) is 6. The van der Waals surface area contributed by atoms with E-state index in [9.17, 15) is 13.2 Å². The number of amides is 1. The van der Waals surface area contributed by atoms with Gasteiger partial charge in [0, 0.05) is 13.1 Å². The number of para-hydroxylation sites is 2. The Morgan fingerprint density at radius 2 is 1.88 bits per heavy atom. The second-order valence-electron chi connectivity index (χ2n) is 8.10. The fourth-order valence-corrected chi connectivity index (χ4v) is 5.80. The number of nitrogens with zero attached hydrogens (tertiary/aromatic N) is 2. The Bertz CT molecular complexity index is 1280. The SMILES string of the molecule is COc1ccccc1NC(=O)[C@H]1CCCN(S(=O)(=O)c2c(C)noc2/C=C/c2ccccc2)C1. The lowest BCUT2D eigenvalue weighted by atomic mass is 9.98. The van der Waals surface area contributed by atoms with Crippen LogP contribution in [-0.4, -0.2) is 44.0 Å². The van der Waals surface area contributed by atoms with Gasteiger partial charge in [0.25, 0.3) is 0 Å². The van der Waals surface area contributed by atoms with Gasteiger partial charge in [-0.3, -0.25) is 4.79 Å². The van der Waals surface area contributed by atoms with Crippen LogP contribution in [0.2, 0.25) is 0 Å². The van der Waals surface area contributed by atoms with E-state index in [1.54, 1.807) is 37.3 Å². The number of aryl methyl sites for hydroxylation is 1. The van der Waals surface area contributed by atoms with Crippen molar-refractivity contribution in [1.82, 2.24) is 9.46 Å². The zero-order chi connectivity index (χ0) is 24.1. The minimum atomic E-state index is -3.92. The highest BCUT2D eigenvalue weighted by Gasteiger charge is 2.37. The molecular formula is C25H27N3O5S. The molecule has 1 aliphatic heterocycles. The molecule has 8 nitrogen and oxygen atoms in total. The number of carbonyl (C=O) groups excluding carboxylic acids is 1. The number of piperidine rings is 1. The van der Waals surface area contributed by atoms with Gasteiger partial charge in [-0.25, -0.2) is 8.42 Å². The molecule has 1 amide bonds. The van der Waals surface area contributed by atoms with Gasteiger partial charge >= 0.3 is 0 Å². The van der Waals surface area contributed by atoms with E-state index >= 15 is 0 Å². The largest absolute Gasteiger partial charge is 0.495 e. The van der Waals surface area contributed by atoms with Crippen LogP contribution in [0.1, 0.15) is 29.9 Å². The van der Waals surface area contributed by atoms with Crippen molar-refractivity contribution >= 4 is 33.8 Å². The lowest BCUT2D eigenvalue weighted by molar-refractivity contribution is -0.120. The molecule has 1 fully saturated rings. The van der Waals surface area contributed by atoms with Crippen LogP contribution in [0.25, 0.3) is 12.2 Å². The van der Waals surface area contributed by atoms with E-state index in [0.717, 1.165) is 5.56 Å². The minimum Gasteiger partial charge on any atom is -0.495 e. The number of carbonyl (C=O) groups is 1. The van der Waals surface area contributed by atoms with Gasteiger partial charge in [-0.05, 0) is 43.5 Å². The van der Waals surface area contributed by atoms with Gasteiger partial charge in [0.05, 0.1) is 18.7 Å². The highest BCUT2D eigenvalue weighted by Crippen LogP contribution is 2.30. The van der Waals surface area contributed by atoms with Crippen LogP contribution in [0, 0.1) is 12.8 Å². The molecule has 0 radical (unpaired) electrons. The predicted molar refractivity (Wildman–Crippen MR) is 130 cm³/mol. The monoisotopic (exact) mass is 481 g/mol. The summed E-state index contributed by atoms with van der Waals surface area (Å²) in [6.45, 7) is 2.01. The van der Waals surface area contributed by atoms with Crippen molar-refractivity contribution in [3.05, 3.63) is 71.6 Å². The molecule has 4 rings (SSSR count). The number of benzene rings is 2. The second-order valence-corrected chi connectivity index (χ2v) is 9.97. The van der Waals surface area contributed by atoms with Crippen molar-refractivity contribution < 1.29 is 22.5 Å². The number of aromatic nitrogens is 1. The van der Waals surface area contributed by atoms with Crippen molar-refractivity contribution in [3.63, 3.8) is 0 Å². The highest BCUT2D eigenvalue weighted by molar-refractivity contribution is 7.89. The Kier molecular flexibility index (Phi) is 7.14. The van der Waals surface area contributed by atoms with E-state index in [0.29, 0.717) is 30.8 Å². The van der Waals surface area contributed by atoms with Crippen molar-refractivity contribution in [2.75, 3.05) is 25.5 Å². The fourth-order valence-electron chi connectivity index (χ4n) is 4.02. The molecule has 0 unspecified atom stereocenters. The smallest absolute Gasteiger partial charge is 0.248 e. The molecule has 2 heterocycles. The zero-order valence-corrected chi connectivity index (χ0v) is 19.9. The van der Waals surface area contributed by atoms with Gasteiger partial charge in [-0.15, -0.1) is 0 Å². The molecule has 1 saturated heterocycles. The van der Waals surface area contributed by atoms with Crippen molar-refractivity contribution in [2.45, 2.75) is 24.7 Å². The van der Waals surface area contributed by atoms with Crippen LogP contribution in [0.3, 0.4) is 0 Å². The van der Waals surface area contributed by atoms with Gasteiger partial charge in [0.1, 0.15) is 11.4 Å². The summed E-state index contributed by atoms with van der Waals surface area (Å²) < 4.78 is 39.1. The summed E-state index contributed by atoms with van der Waals surface area (Å²) in [6, 6.07) is 16.6. The number of nitrogens with one attached hydrogen (secondary N) is 1. The quantitative estimate of drug-likeness (QED) is 0.543. The molecule has 2 aromatic carbocycles. The maximum Gasteiger partial charge on any atom is 0.248 e. The van der Waals surface area contributed by atoms with Gasteiger partial charge in [-0.1, -0.05) is 53.7 Å². The lowest BCUT2D eigenvalue weighted by Gasteiger charge is -2.31. The summed E-state index contributed by atoms with van der Waals surface area (Å²) in [4.78, 5) is 13.0. The van der Waals surface area contributed by atoms with Gasteiger partial charge in [-0.2, -0.15) is 4.31 Å². The number of hydrogen-bond donors (Lipinski definition) is 1. The molecule has 1 aliphatic rings. The summed E-state index contributed by atoms with van der Waals surface area (Å²) in [5.74, 6) is -0.0134. The third-order valence-electron chi connectivity index (χ3n) is 5.78. The molecule has 3 aromatic rings. The first-order chi connectivity index (χ1) is 16.4. The number of anilines is 1. The van der Waals surface area contributed by atoms with Gasteiger partial charge < -0.3 is 14.6 Å². The summed E-state index contributed by atoms with van der Waals surface area (Å²) in [7, 11) is -2.38. The van der Waals surface area contributed by atoms with Gasteiger partial charge in [0.2, 0.25) is 15.9 Å². The summed E-state index contributed by atoms with van der Waals surface area (Å²) in [5.41, 5.74) is 1.75. The Labute approximate surface area is 199 Å². The van der Waals surface area contributed by atoms with E-state index in [1.807, 2.05) is 36.4 Å². The first-order valence-electron chi connectivity index (χ1n) is 11.0. The van der Waals surface area contributed by atoms with Crippen LogP contribution < -0.4 is 10.1 Å². The third-order valence-corrected chi connectivity index (χ3v) is 7.80. The van der Waals surface area contributed by atoms with E-state index in [4.69, 9.17) is 9.26 Å². The summed E-state index contributed by atoms with van der Waals surface area (Å²) in [6.07, 6.45) is 4.55. The molecule has 9 heteroatoms. The first-order valence-corrected chi connectivity index (χ1v) is 12.5. The van der Waals surface area contributed by atoms with E-state index in [-0.39, 0.29) is 28.8 Å². The maximum absolute atomic E-state index is 13.6. The number of ether oxygens (including phenoxy) is 1. The lowest BCUT2D eigenvalue weighted by Crippen LogP contribution is -2.43. The Balaban J connectivity index is 1.53. The molecule has 1 N–H and O–H groups in total. The summed E-state index contributed by atoms with van der Waals surface area (Å²) in [5, 5.41) is 6.77. The molecule has 0 aliphatic carbocycles. The highest BCUT2D eigenvalue weighted by atomic mass is 32.2. The molecule has 0 bridgehead atoms. The van der Waals surface area contributed by atoms with Crippen molar-refractivity contribution in [2.24, 2.45) is 5.92 Å². The number of rotatable bonds is 7. The van der Waals surface area contributed by atoms with Crippen LogP contribution in [0.15, 0.2) is 64.0 Å². The van der Waals surface area contributed by atoms with Gasteiger partial charge in [0.15, 0.2) is 10.7 Å². The van der Waals surface area contributed by atoms with Crippen LogP contribution in [-0.2, 0) is 14.8 Å². The topological polar surface area (TPSA) is 102 Å². The average molecular weight is 482 g/mol. The molecule has 0 saturated carbocycles. The molecule has 34 heavy (non-hydrogen) atoms. The minimum absolute atomic E-state index is 0.0328. The van der Waals surface area contributed by atoms with Crippen LogP contribution >= 0.6 is 0 Å². The number of sulfonamides is 1. The Morgan fingerprint density at radius 1 is 1.15 bits per heavy atom. The standard InChI is InChI=1S/C25H27N3O5S/c1-18-24(23(33-27-18)15-14-19-9-4-3-5-10-19)34(30,31)28-16-8-11-20(17-28)25(29)26-21-12-6-7-13-22(21)32-2/h3-7,9-10,12-15,20H,8,11,16-17H2,1-2H3,(H,26,29)/b15-14+/t20-/m0/s1. The second kappa shape index (κ2) is 10.2. The van der Waals surface area contributed by atoms with Crippen LogP contribution in [0.5, 0.6) is 5.75 Å². The van der Waals surface area contributed by atoms with E-state index in [2.05, 4.69) is 10.5 Å². The summed E-state index contributed by atoms with van der Waals surface area (Å²) >= 11 is 0. The third kappa shape index (κ3) is 5.05. The molecule has 0 spiro atoms. The molecular weight excluding hydrogens is 454 g/mol. The first kappa shape index (κ1) is 23.7. The average Bonchev–Trinajstić information content (AvgIpc) is 3.24. The normalized spacial score (nSPS) is 17.1. The van der Waals surface area contributed by atoms with Crippen molar-refractivity contribution in [3.8, 4) is 5.75 Å².